The number of carbonyl (C=O) groups excluding carboxylic acids is 1. The first-order chi connectivity index (χ1) is 9.70. The third kappa shape index (κ3) is 3.92. The SMILES string of the molecule is COC(=O)C[C@H]1C=C[C@H](O)[C@@H]1COCc1ccccc1. The number of aliphatic hydroxyl groups excluding tert-OH is 1. The Labute approximate surface area is 119 Å². The molecule has 1 aliphatic carbocycles. The molecule has 0 aliphatic heterocycles. The standard InChI is InChI=1S/C16H20O4/c1-19-16(18)9-13-7-8-15(17)14(13)11-20-10-12-5-3-2-4-6-12/h2-8,13-15,17H,9-11H2,1H3/t13-,14-,15+/m1/s1. The molecule has 0 heterocycles. The average molecular weight is 276 g/mol. The summed E-state index contributed by atoms with van der Waals surface area (Å²) in [6.07, 6.45) is 3.33. The average Bonchev–Trinajstić information content (AvgIpc) is 2.81. The molecule has 0 fully saturated rings. The van der Waals surface area contributed by atoms with Crippen molar-refractivity contribution in [2.24, 2.45) is 11.8 Å². The third-order valence-electron chi connectivity index (χ3n) is 3.60. The van der Waals surface area contributed by atoms with Gasteiger partial charge in [-0.05, 0) is 11.5 Å². The number of ether oxygens (including phenoxy) is 2. The van der Waals surface area contributed by atoms with Crippen molar-refractivity contribution in [2.75, 3.05) is 13.7 Å². The molecule has 2 rings (SSSR count). The number of allylic oxidation sites excluding steroid dienone is 1. The van der Waals surface area contributed by atoms with Gasteiger partial charge in [0.1, 0.15) is 0 Å². The van der Waals surface area contributed by atoms with Crippen LogP contribution in [0.25, 0.3) is 0 Å². The molecule has 108 valence electrons. The summed E-state index contributed by atoms with van der Waals surface area (Å²) in [5.41, 5.74) is 1.09. The fourth-order valence-corrected chi connectivity index (χ4v) is 2.40. The van der Waals surface area contributed by atoms with Gasteiger partial charge in [0.15, 0.2) is 0 Å². The fraction of sp³-hybridized carbons (Fsp3) is 0.438. The van der Waals surface area contributed by atoms with Crippen molar-refractivity contribution in [2.45, 2.75) is 19.1 Å². The van der Waals surface area contributed by atoms with E-state index in [9.17, 15) is 9.90 Å². The van der Waals surface area contributed by atoms with Gasteiger partial charge >= 0.3 is 5.97 Å². The number of methoxy groups -OCH3 is 1. The van der Waals surface area contributed by atoms with Crippen molar-refractivity contribution in [3.63, 3.8) is 0 Å². The summed E-state index contributed by atoms with van der Waals surface area (Å²) in [5, 5.41) is 9.92. The van der Waals surface area contributed by atoms with Crippen LogP contribution in [0.15, 0.2) is 42.5 Å². The number of rotatable bonds is 6. The maximum atomic E-state index is 11.3. The minimum absolute atomic E-state index is 0.0202. The van der Waals surface area contributed by atoms with Crippen molar-refractivity contribution in [3.05, 3.63) is 48.0 Å². The molecule has 0 saturated carbocycles. The Morgan fingerprint density at radius 1 is 1.25 bits per heavy atom. The first kappa shape index (κ1) is 14.8. The van der Waals surface area contributed by atoms with Crippen molar-refractivity contribution in [1.29, 1.82) is 0 Å². The summed E-state index contributed by atoms with van der Waals surface area (Å²) < 4.78 is 10.3. The number of carbonyl (C=O) groups is 1. The summed E-state index contributed by atoms with van der Waals surface area (Å²) in [5.74, 6) is -0.368. The first-order valence-corrected chi connectivity index (χ1v) is 6.75. The number of esters is 1. The summed E-state index contributed by atoms with van der Waals surface area (Å²) in [4.78, 5) is 11.3. The molecule has 0 aromatic heterocycles. The van der Waals surface area contributed by atoms with E-state index in [0.29, 0.717) is 13.2 Å². The van der Waals surface area contributed by atoms with E-state index in [-0.39, 0.29) is 24.2 Å². The molecule has 0 saturated heterocycles. The Kier molecular flexibility index (Phi) is 5.32. The highest BCUT2D eigenvalue weighted by Gasteiger charge is 2.32. The molecule has 1 aliphatic rings. The second-order valence-electron chi connectivity index (χ2n) is 4.98. The Morgan fingerprint density at radius 2 is 2.00 bits per heavy atom. The van der Waals surface area contributed by atoms with Crippen LogP contribution in [0.4, 0.5) is 0 Å². The van der Waals surface area contributed by atoms with Gasteiger partial charge in [-0.2, -0.15) is 0 Å². The lowest BCUT2D eigenvalue weighted by atomic mass is 9.92. The topological polar surface area (TPSA) is 55.8 Å². The molecule has 20 heavy (non-hydrogen) atoms. The van der Waals surface area contributed by atoms with Gasteiger partial charge in [-0.25, -0.2) is 0 Å². The van der Waals surface area contributed by atoms with Crippen LogP contribution < -0.4 is 0 Å². The predicted octanol–water partition coefficient (Wildman–Crippen LogP) is 1.93. The lowest BCUT2D eigenvalue weighted by Gasteiger charge is -2.21. The molecule has 0 amide bonds. The van der Waals surface area contributed by atoms with Gasteiger partial charge < -0.3 is 14.6 Å². The van der Waals surface area contributed by atoms with Gasteiger partial charge in [0.05, 0.1) is 32.8 Å². The molecular weight excluding hydrogens is 256 g/mol. The molecule has 0 radical (unpaired) electrons. The van der Waals surface area contributed by atoms with Gasteiger partial charge in [0.25, 0.3) is 0 Å². The van der Waals surface area contributed by atoms with E-state index in [1.54, 1.807) is 6.08 Å². The van der Waals surface area contributed by atoms with Crippen molar-refractivity contribution in [3.8, 4) is 0 Å². The molecule has 3 atom stereocenters. The van der Waals surface area contributed by atoms with Crippen LogP contribution in [-0.4, -0.2) is 30.9 Å². The fourth-order valence-electron chi connectivity index (χ4n) is 2.40. The summed E-state index contributed by atoms with van der Waals surface area (Å²) in [7, 11) is 1.37. The van der Waals surface area contributed by atoms with Gasteiger partial charge in [0, 0.05) is 5.92 Å². The zero-order chi connectivity index (χ0) is 14.4. The highest BCUT2D eigenvalue weighted by atomic mass is 16.5. The molecule has 0 bridgehead atoms. The van der Waals surface area contributed by atoms with Crippen molar-refractivity contribution < 1.29 is 19.4 Å². The number of benzene rings is 1. The molecule has 0 spiro atoms. The minimum atomic E-state index is -0.555. The molecule has 1 aromatic rings. The minimum Gasteiger partial charge on any atom is -0.469 e. The van der Waals surface area contributed by atoms with E-state index < -0.39 is 6.10 Å². The molecule has 4 nitrogen and oxygen atoms in total. The summed E-state index contributed by atoms with van der Waals surface area (Å²) >= 11 is 0. The lowest BCUT2D eigenvalue weighted by Crippen LogP contribution is -2.27. The van der Waals surface area contributed by atoms with E-state index in [2.05, 4.69) is 4.74 Å². The predicted molar refractivity (Wildman–Crippen MR) is 74.9 cm³/mol. The van der Waals surface area contributed by atoms with Gasteiger partial charge in [-0.3, -0.25) is 4.79 Å². The lowest BCUT2D eigenvalue weighted by molar-refractivity contribution is -0.142. The second-order valence-corrected chi connectivity index (χ2v) is 4.98. The molecule has 1 N–H and O–H groups in total. The van der Waals surface area contributed by atoms with Crippen LogP contribution in [0.3, 0.4) is 0 Å². The molecule has 0 unspecified atom stereocenters. The van der Waals surface area contributed by atoms with E-state index in [1.807, 2.05) is 36.4 Å². The van der Waals surface area contributed by atoms with E-state index in [1.165, 1.54) is 7.11 Å². The molecule has 1 aromatic carbocycles. The number of aliphatic hydroxyl groups is 1. The Bertz CT molecular complexity index is 455. The maximum Gasteiger partial charge on any atom is 0.306 e. The van der Waals surface area contributed by atoms with Crippen LogP contribution in [0.2, 0.25) is 0 Å². The van der Waals surface area contributed by atoms with E-state index in [4.69, 9.17) is 4.74 Å². The monoisotopic (exact) mass is 276 g/mol. The van der Waals surface area contributed by atoms with Gasteiger partial charge in [-0.1, -0.05) is 42.5 Å². The van der Waals surface area contributed by atoms with Crippen LogP contribution in [0.5, 0.6) is 0 Å². The zero-order valence-electron chi connectivity index (χ0n) is 11.6. The highest BCUT2D eigenvalue weighted by Crippen LogP contribution is 2.29. The largest absolute Gasteiger partial charge is 0.469 e. The third-order valence-corrected chi connectivity index (χ3v) is 3.60. The highest BCUT2D eigenvalue weighted by molar-refractivity contribution is 5.69. The number of hydrogen-bond donors (Lipinski definition) is 1. The normalized spacial score (nSPS) is 24.8. The zero-order valence-corrected chi connectivity index (χ0v) is 11.6. The Balaban J connectivity index is 1.82. The van der Waals surface area contributed by atoms with E-state index in [0.717, 1.165) is 5.56 Å². The van der Waals surface area contributed by atoms with Crippen LogP contribution in [0.1, 0.15) is 12.0 Å². The van der Waals surface area contributed by atoms with Crippen LogP contribution >= 0.6 is 0 Å². The van der Waals surface area contributed by atoms with Gasteiger partial charge in [-0.15, -0.1) is 0 Å². The van der Waals surface area contributed by atoms with Crippen LogP contribution in [-0.2, 0) is 20.9 Å². The Morgan fingerprint density at radius 3 is 2.70 bits per heavy atom. The van der Waals surface area contributed by atoms with Gasteiger partial charge in [0.2, 0.25) is 0 Å². The second kappa shape index (κ2) is 7.22. The summed E-state index contributed by atoms with van der Waals surface area (Å²) in [6.45, 7) is 0.930. The first-order valence-electron chi connectivity index (χ1n) is 6.75. The van der Waals surface area contributed by atoms with Crippen molar-refractivity contribution in [1.82, 2.24) is 0 Å². The van der Waals surface area contributed by atoms with E-state index >= 15 is 0 Å². The van der Waals surface area contributed by atoms with Crippen molar-refractivity contribution >= 4 is 5.97 Å². The molecular formula is C16H20O4. The van der Waals surface area contributed by atoms with Crippen LogP contribution in [0, 0.1) is 11.8 Å². The Hall–Kier alpha value is -1.65. The molecule has 4 heteroatoms. The maximum absolute atomic E-state index is 11.3. The summed E-state index contributed by atoms with van der Waals surface area (Å²) in [6, 6.07) is 9.88. The number of hydrogen-bond acceptors (Lipinski definition) is 4. The quantitative estimate of drug-likeness (QED) is 0.637. The smallest absolute Gasteiger partial charge is 0.306 e.